The first-order chi connectivity index (χ1) is 18.9. The molecule has 0 aliphatic rings. The number of rotatable bonds is 15. The largest absolute Gasteiger partial charge is 0.494 e. The molecule has 0 aliphatic heterocycles. The molecule has 3 aromatic rings. The summed E-state index contributed by atoms with van der Waals surface area (Å²) in [4.78, 5) is 33.1. The van der Waals surface area contributed by atoms with Crippen LogP contribution in [0, 0.1) is 20.8 Å². The van der Waals surface area contributed by atoms with Crippen LogP contribution in [0.4, 0.5) is 15.8 Å². The number of benzene rings is 3. The minimum Gasteiger partial charge on any atom is -0.494 e. The van der Waals surface area contributed by atoms with Gasteiger partial charge >= 0.3 is 5.97 Å². The first-order valence-corrected chi connectivity index (χ1v) is 12.8. The highest BCUT2D eigenvalue weighted by molar-refractivity contribution is 5.91. The molecule has 0 amide bonds. The van der Waals surface area contributed by atoms with Crippen molar-refractivity contribution in [3.63, 3.8) is 0 Å². The molecule has 0 aromatic heterocycles. The topological polar surface area (TPSA) is 108 Å². The summed E-state index contributed by atoms with van der Waals surface area (Å²) in [5.41, 5.74) is 2.43. The van der Waals surface area contributed by atoms with Crippen molar-refractivity contribution >= 4 is 29.0 Å². The maximum atomic E-state index is 13.1. The van der Waals surface area contributed by atoms with Crippen LogP contribution in [0.25, 0.3) is 11.6 Å². The highest BCUT2D eigenvalue weighted by Gasteiger charge is 2.16. The van der Waals surface area contributed by atoms with E-state index in [4.69, 9.17) is 9.47 Å². The molecule has 9 heteroatoms. The third kappa shape index (κ3) is 9.77. The zero-order valence-corrected chi connectivity index (χ0v) is 21.8. The fourth-order valence-corrected chi connectivity index (χ4v) is 3.93. The number of halogens is 1. The number of unbranched alkanes of at least 4 members (excludes halogenated alkanes) is 5. The quantitative estimate of drug-likeness (QED) is 0.0485. The molecule has 204 valence electrons. The molecule has 0 aliphatic carbocycles. The third-order valence-electron chi connectivity index (χ3n) is 6.06. The minimum atomic E-state index is -0.715. The van der Waals surface area contributed by atoms with E-state index in [9.17, 15) is 24.2 Å². The van der Waals surface area contributed by atoms with Gasteiger partial charge in [-0.25, -0.2) is 9.18 Å². The van der Waals surface area contributed by atoms with Gasteiger partial charge in [0, 0.05) is 12.1 Å². The molecule has 0 radical (unpaired) electrons. The lowest BCUT2D eigenvalue weighted by Gasteiger charge is -2.07. The lowest BCUT2D eigenvalue weighted by atomic mass is 10.0. The van der Waals surface area contributed by atoms with E-state index in [2.05, 4.69) is 5.18 Å². The lowest BCUT2D eigenvalue weighted by molar-refractivity contribution is -0.384. The van der Waals surface area contributed by atoms with Crippen LogP contribution < -0.4 is 4.74 Å². The van der Waals surface area contributed by atoms with Gasteiger partial charge in [-0.3, -0.25) is 10.1 Å². The Bertz CT molecular complexity index is 1290. The Labute approximate surface area is 226 Å². The van der Waals surface area contributed by atoms with Crippen molar-refractivity contribution in [2.24, 2.45) is 5.18 Å². The number of esters is 1. The number of nitro benzene ring substituents is 1. The van der Waals surface area contributed by atoms with Crippen LogP contribution in [-0.2, 0) is 4.74 Å². The molecule has 0 atom stereocenters. The molecule has 0 bridgehead atoms. The Kier molecular flexibility index (Phi) is 11.3. The van der Waals surface area contributed by atoms with Crippen molar-refractivity contribution in [3.8, 4) is 5.75 Å². The van der Waals surface area contributed by atoms with Crippen LogP contribution in [0.15, 0.2) is 71.9 Å². The Morgan fingerprint density at radius 3 is 2.18 bits per heavy atom. The van der Waals surface area contributed by atoms with E-state index in [0.717, 1.165) is 66.7 Å². The maximum Gasteiger partial charge on any atom is 0.338 e. The monoisotopic (exact) mass is 534 g/mol. The Morgan fingerprint density at radius 2 is 1.54 bits per heavy atom. The maximum absolute atomic E-state index is 13.1. The van der Waals surface area contributed by atoms with Crippen molar-refractivity contribution in [3.05, 3.63) is 104 Å². The molecule has 0 N–H and O–H groups in total. The molecule has 0 spiro atoms. The van der Waals surface area contributed by atoms with E-state index in [1.807, 2.05) is 37.3 Å². The zero-order chi connectivity index (χ0) is 28.0. The van der Waals surface area contributed by atoms with E-state index >= 15 is 0 Å². The second-order valence-corrected chi connectivity index (χ2v) is 9.10. The lowest BCUT2D eigenvalue weighted by Crippen LogP contribution is -2.07. The van der Waals surface area contributed by atoms with Crippen molar-refractivity contribution in [1.82, 2.24) is 0 Å². The van der Waals surface area contributed by atoms with Gasteiger partial charge in [-0.1, -0.05) is 56.0 Å². The van der Waals surface area contributed by atoms with Gasteiger partial charge in [0.2, 0.25) is 0 Å². The fraction of sp³-hybridized carbons (Fsp3) is 0.300. The van der Waals surface area contributed by atoms with E-state index in [-0.39, 0.29) is 29.4 Å². The first kappa shape index (κ1) is 29.2. The van der Waals surface area contributed by atoms with Gasteiger partial charge in [0.1, 0.15) is 17.3 Å². The van der Waals surface area contributed by atoms with E-state index in [1.54, 1.807) is 12.1 Å². The predicted molar refractivity (Wildman–Crippen MR) is 148 cm³/mol. The number of nitro groups is 1. The van der Waals surface area contributed by atoms with Crippen molar-refractivity contribution < 1.29 is 23.6 Å². The normalized spacial score (nSPS) is 11.2. The number of non-ortho nitro benzene ring substituents is 1. The molecule has 0 fully saturated rings. The van der Waals surface area contributed by atoms with Crippen LogP contribution in [0.2, 0.25) is 0 Å². The Hall–Kier alpha value is -4.40. The third-order valence-corrected chi connectivity index (χ3v) is 6.06. The van der Waals surface area contributed by atoms with Crippen molar-refractivity contribution in [2.75, 3.05) is 13.2 Å². The predicted octanol–water partition coefficient (Wildman–Crippen LogP) is 8.27. The summed E-state index contributed by atoms with van der Waals surface area (Å²) in [6, 6.07) is 17.6. The molecule has 39 heavy (non-hydrogen) atoms. The molecule has 0 saturated carbocycles. The summed E-state index contributed by atoms with van der Waals surface area (Å²) >= 11 is 0. The summed E-state index contributed by atoms with van der Waals surface area (Å²) in [6.45, 7) is 2.82. The van der Waals surface area contributed by atoms with Crippen LogP contribution in [0.3, 0.4) is 0 Å². The number of hydrogen-bond donors (Lipinski definition) is 0. The number of nitroso groups, excluding NO2 is 1. The number of allylic oxidation sites excluding steroid dienone is 1. The molecular weight excluding hydrogens is 503 g/mol. The average Bonchev–Trinajstić information content (AvgIpc) is 2.94. The van der Waals surface area contributed by atoms with Gasteiger partial charge in [-0.15, -0.1) is 4.91 Å². The van der Waals surface area contributed by atoms with Crippen LogP contribution in [0.1, 0.15) is 66.9 Å². The highest BCUT2D eigenvalue weighted by Crippen LogP contribution is 2.24. The SMILES string of the molecule is C/C(=C\c1ccc(OCCCCCCCCOC(=O)c2cc(N=O)cc([N+](=O)[O-])c2)cc1)c1ccc(F)cc1. The summed E-state index contributed by atoms with van der Waals surface area (Å²) in [5.74, 6) is -0.149. The van der Waals surface area contributed by atoms with Gasteiger partial charge in [0.25, 0.3) is 5.69 Å². The second-order valence-electron chi connectivity index (χ2n) is 9.10. The van der Waals surface area contributed by atoms with Gasteiger partial charge < -0.3 is 9.47 Å². The van der Waals surface area contributed by atoms with Crippen LogP contribution >= 0.6 is 0 Å². The number of nitrogens with zero attached hydrogens (tertiary/aromatic N) is 2. The summed E-state index contributed by atoms with van der Waals surface area (Å²) in [5, 5.41) is 13.6. The van der Waals surface area contributed by atoms with E-state index in [1.165, 1.54) is 18.2 Å². The molecule has 0 unspecified atom stereocenters. The standard InChI is InChI=1S/C30H31FN2O6/c1-22(24-10-12-26(31)13-11-24)18-23-8-14-29(15-9-23)38-16-6-4-2-3-5-7-17-39-30(34)25-19-27(32-35)21-28(20-25)33(36)37/h8-15,18-21H,2-7,16-17H2,1H3/b22-18+. The number of hydrogen-bond acceptors (Lipinski definition) is 7. The second kappa shape index (κ2) is 15.1. The molecule has 8 nitrogen and oxygen atoms in total. The van der Waals surface area contributed by atoms with Crippen LogP contribution in [0.5, 0.6) is 5.75 Å². The Morgan fingerprint density at radius 1 is 0.897 bits per heavy atom. The van der Waals surface area contributed by atoms with E-state index in [0.29, 0.717) is 13.0 Å². The Balaban J connectivity index is 1.26. The molecule has 3 aromatic carbocycles. The number of ether oxygens (including phenoxy) is 2. The number of carbonyl (C=O) groups is 1. The first-order valence-electron chi connectivity index (χ1n) is 12.8. The van der Waals surface area contributed by atoms with Crippen molar-refractivity contribution in [2.45, 2.75) is 45.4 Å². The summed E-state index contributed by atoms with van der Waals surface area (Å²) in [6.07, 6.45) is 7.58. The van der Waals surface area contributed by atoms with Gasteiger partial charge in [0.15, 0.2) is 0 Å². The summed E-state index contributed by atoms with van der Waals surface area (Å²) in [7, 11) is 0. The van der Waals surface area contributed by atoms with Gasteiger partial charge in [-0.05, 0) is 72.0 Å². The van der Waals surface area contributed by atoms with Crippen molar-refractivity contribution in [1.29, 1.82) is 0 Å². The molecular formula is C30H31FN2O6. The average molecular weight is 535 g/mol. The zero-order valence-electron chi connectivity index (χ0n) is 21.8. The van der Waals surface area contributed by atoms with Gasteiger partial charge in [-0.2, -0.15) is 0 Å². The minimum absolute atomic E-state index is 0.0648. The van der Waals surface area contributed by atoms with Crippen LogP contribution in [-0.4, -0.2) is 24.1 Å². The smallest absolute Gasteiger partial charge is 0.338 e. The highest BCUT2D eigenvalue weighted by atomic mass is 19.1. The van der Waals surface area contributed by atoms with E-state index < -0.39 is 10.9 Å². The number of carbonyl (C=O) groups excluding carboxylic acids is 1. The molecule has 3 rings (SSSR count). The summed E-state index contributed by atoms with van der Waals surface area (Å²) < 4.78 is 24.1. The molecule has 0 saturated heterocycles. The fourth-order valence-electron chi connectivity index (χ4n) is 3.93. The van der Waals surface area contributed by atoms with Gasteiger partial charge in [0.05, 0.1) is 23.7 Å². The molecule has 0 heterocycles.